The molecule has 0 aliphatic heterocycles. The van der Waals surface area contributed by atoms with Gasteiger partial charge in [0, 0.05) is 7.05 Å². The summed E-state index contributed by atoms with van der Waals surface area (Å²) in [5.74, 6) is -5.00. The first-order valence-corrected chi connectivity index (χ1v) is 8.54. The van der Waals surface area contributed by atoms with Crippen LogP contribution < -0.4 is 4.72 Å². The molecular weight excluding hydrogens is 376 g/mol. The van der Waals surface area contributed by atoms with E-state index < -0.39 is 27.9 Å². The smallest absolute Gasteiger partial charge is 0.324 e. The van der Waals surface area contributed by atoms with Crippen LogP contribution in [0.4, 0.5) is 5.69 Å². The van der Waals surface area contributed by atoms with Gasteiger partial charge in [-0.3, -0.25) is 24.0 Å². The third-order valence-corrected chi connectivity index (χ3v) is 5.27. The molecule has 0 bridgehead atoms. The third-order valence-electron chi connectivity index (χ3n) is 3.20. The van der Waals surface area contributed by atoms with Crippen molar-refractivity contribution in [3.05, 3.63) is 34.9 Å². The van der Waals surface area contributed by atoms with Gasteiger partial charge in [0.15, 0.2) is 5.92 Å². The van der Waals surface area contributed by atoms with Crippen molar-refractivity contribution in [1.82, 2.24) is 14.8 Å². The summed E-state index contributed by atoms with van der Waals surface area (Å²) in [5, 5.41) is 21.7. The van der Waals surface area contributed by atoms with Crippen LogP contribution in [0.3, 0.4) is 0 Å². The van der Waals surface area contributed by atoms with Crippen LogP contribution in [0, 0.1) is 6.92 Å². The van der Waals surface area contributed by atoms with Crippen molar-refractivity contribution in [2.75, 3.05) is 4.72 Å². The van der Waals surface area contributed by atoms with Crippen molar-refractivity contribution >= 4 is 39.3 Å². The monoisotopic (exact) mass is 388 g/mol. The van der Waals surface area contributed by atoms with E-state index in [0.29, 0.717) is 0 Å². The quantitative estimate of drug-likeness (QED) is 0.615. The van der Waals surface area contributed by atoms with Crippen LogP contribution in [0.15, 0.2) is 23.2 Å². The number of carboxylic acids is 2. The van der Waals surface area contributed by atoms with Crippen LogP contribution >= 0.6 is 11.6 Å². The zero-order chi connectivity index (χ0) is 18.9. The number of carbonyl (C=O) groups is 2. The fourth-order valence-electron chi connectivity index (χ4n) is 2.12. The van der Waals surface area contributed by atoms with E-state index in [4.69, 9.17) is 21.8 Å². The molecule has 0 aliphatic rings. The summed E-state index contributed by atoms with van der Waals surface area (Å²) in [6.07, 6.45) is 1.02. The molecule has 134 valence electrons. The molecule has 2 aromatic rings. The molecule has 0 unspecified atom stereocenters. The molecule has 0 amide bonds. The van der Waals surface area contributed by atoms with Gasteiger partial charge in [-0.25, -0.2) is 8.42 Å². The van der Waals surface area contributed by atoms with Gasteiger partial charge in [-0.2, -0.15) is 5.10 Å². The number of aryl methyl sites for hydroxylation is 2. The van der Waals surface area contributed by atoms with E-state index >= 15 is 0 Å². The molecule has 0 atom stereocenters. The number of aliphatic carboxylic acids is 2. The lowest BCUT2D eigenvalue weighted by molar-refractivity contribution is -0.150. The fraction of sp³-hybridized carbons (Fsp3) is 0.231. The van der Waals surface area contributed by atoms with E-state index in [0.717, 1.165) is 12.3 Å². The molecule has 0 fully saturated rings. The number of sulfonamides is 1. The molecule has 2 aromatic heterocycles. The summed E-state index contributed by atoms with van der Waals surface area (Å²) in [6, 6.07) is 2.32. The topological polar surface area (TPSA) is 151 Å². The van der Waals surface area contributed by atoms with Crippen molar-refractivity contribution in [1.29, 1.82) is 0 Å². The Morgan fingerprint density at radius 1 is 1.28 bits per heavy atom. The maximum absolute atomic E-state index is 12.4. The zero-order valence-electron chi connectivity index (χ0n) is 13.0. The Morgan fingerprint density at radius 2 is 1.88 bits per heavy atom. The first kappa shape index (κ1) is 18.7. The number of anilines is 1. The molecule has 0 aliphatic carbocycles. The number of pyridine rings is 1. The minimum Gasteiger partial charge on any atom is -0.480 e. The predicted octanol–water partition coefficient (Wildman–Crippen LogP) is 0.831. The number of nitrogens with zero attached hydrogens (tertiary/aromatic N) is 3. The highest BCUT2D eigenvalue weighted by molar-refractivity contribution is 7.92. The molecule has 0 aromatic carbocycles. The van der Waals surface area contributed by atoms with Crippen LogP contribution in [0.25, 0.3) is 0 Å². The molecule has 2 rings (SSSR count). The number of carboxylic acid groups (broad SMARTS) is 2. The average Bonchev–Trinajstić information content (AvgIpc) is 2.73. The van der Waals surface area contributed by atoms with Crippen molar-refractivity contribution in [3.63, 3.8) is 0 Å². The van der Waals surface area contributed by atoms with Gasteiger partial charge in [0.05, 0.1) is 23.3 Å². The SMILES string of the molecule is Cc1nn(C)c(Cl)c1S(=O)(=O)Nc1ccc(C(C(=O)O)C(=O)O)nc1. The van der Waals surface area contributed by atoms with Gasteiger partial charge < -0.3 is 10.2 Å². The molecule has 3 N–H and O–H groups in total. The second-order valence-electron chi connectivity index (χ2n) is 5.02. The molecule has 2 heterocycles. The van der Waals surface area contributed by atoms with E-state index in [1.54, 1.807) is 0 Å². The van der Waals surface area contributed by atoms with Gasteiger partial charge in [0.2, 0.25) is 0 Å². The summed E-state index contributed by atoms with van der Waals surface area (Å²) in [4.78, 5) is 25.4. The first-order valence-electron chi connectivity index (χ1n) is 6.68. The number of rotatable bonds is 6. The van der Waals surface area contributed by atoms with Gasteiger partial charge in [-0.1, -0.05) is 11.6 Å². The van der Waals surface area contributed by atoms with Crippen LogP contribution in [0.2, 0.25) is 5.15 Å². The Bertz CT molecular complexity index is 924. The highest BCUT2D eigenvalue weighted by Crippen LogP contribution is 2.26. The van der Waals surface area contributed by atoms with Crippen molar-refractivity contribution < 1.29 is 28.2 Å². The zero-order valence-corrected chi connectivity index (χ0v) is 14.5. The van der Waals surface area contributed by atoms with Gasteiger partial charge in [0.25, 0.3) is 10.0 Å². The largest absolute Gasteiger partial charge is 0.480 e. The highest BCUT2D eigenvalue weighted by atomic mass is 35.5. The number of aromatic nitrogens is 3. The fourth-order valence-corrected chi connectivity index (χ4v) is 3.91. The normalized spacial score (nSPS) is 11.5. The lowest BCUT2D eigenvalue weighted by atomic mass is 10.1. The Morgan fingerprint density at radius 3 is 2.28 bits per heavy atom. The molecule has 0 spiro atoms. The van der Waals surface area contributed by atoms with E-state index in [1.807, 2.05) is 0 Å². The van der Waals surface area contributed by atoms with Crippen molar-refractivity contribution in [2.45, 2.75) is 17.7 Å². The van der Waals surface area contributed by atoms with Crippen molar-refractivity contribution in [3.8, 4) is 0 Å². The summed E-state index contributed by atoms with van der Waals surface area (Å²) >= 11 is 5.94. The maximum Gasteiger partial charge on any atom is 0.324 e. The number of hydrogen-bond donors (Lipinski definition) is 3. The molecule has 0 saturated heterocycles. The Hall–Kier alpha value is -2.66. The molecule has 25 heavy (non-hydrogen) atoms. The lowest BCUT2D eigenvalue weighted by Gasteiger charge is -2.10. The number of hydrogen-bond acceptors (Lipinski definition) is 6. The number of halogens is 1. The molecule has 0 radical (unpaired) electrons. The van der Waals surface area contributed by atoms with E-state index in [-0.39, 0.29) is 27.1 Å². The summed E-state index contributed by atoms with van der Waals surface area (Å²) < 4.78 is 28.3. The van der Waals surface area contributed by atoms with Crippen LogP contribution in [0.5, 0.6) is 0 Å². The first-order chi connectivity index (χ1) is 11.5. The predicted molar refractivity (Wildman–Crippen MR) is 86.0 cm³/mol. The van der Waals surface area contributed by atoms with Crippen LogP contribution in [0.1, 0.15) is 17.3 Å². The molecule has 0 saturated carbocycles. The second kappa shape index (κ2) is 6.69. The minimum absolute atomic E-state index is 0.0117. The highest BCUT2D eigenvalue weighted by Gasteiger charge is 2.30. The van der Waals surface area contributed by atoms with E-state index in [9.17, 15) is 18.0 Å². The Balaban J connectivity index is 2.32. The molecular formula is C13H13ClN4O6S. The minimum atomic E-state index is -4.06. The summed E-state index contributed by atoms with van der Waals surface area (Å²) in [5.41, 5.74) is -0.0301. The van der Waals surface area contributed by atoms with Gasteiger partial charge in [-0.05, 0) is 19.1 Å². The van der Waals surface area contributed by atoms with Gasteiger partial charge >= 0.3 is 11.9 Å². The van der Waals surface area contributed by atoms with E-state index in [2.05, 4.69) is 14.8 Å². The Labute approximate surface area is 147 Å². The van der Waals surface area contributed by atoms with Crippen LogP contribution in [-0.4, -0.2) is 45.3 Å². The second-order valence-corrected chi connectivity index (χ2v) is 6.99. The van der Waals surface area contributed by atoms with Crippen molar-refractivity contribution in [2.24, 2.45) is 7.05 Å². The molecule has 12 heteroatoms. The van der Waals surface area contributed by atoms with E-state index in [1.165, 1.54) is 24.7 Å². The summed E-state index contributed by atoms with van der Waals surface area (Å²) in [6.45, 7) is 1.48. The third kappa shape index (κ3) is 3.72. The van der Waals surface area contributed by atoms with Crippen LogP contribution in [-0.2, 0) is 26.7 Å². The number of nitrogens with one attached hydrogen (secondary N) is 1. The molecule has 10 nitrogen and oxygen atoms in total. The van der Waals surface area contributed by atoms with Gasteiger partial charge in [0.1, 0.15) is 10.0 Å². The summed E-state index contributed by atoms with van der Waals surface area (Å²) in [7, 11) is -2.57. The maximum atomic E-state index is 12.4. The lowest BCUT2D eigenvalue weighted by Crippen LogP contribution is -2.22. The average molecular weight is 389 g/mol. The van der Waals surface area contributed by atoms with Gasteiger partial charge in [-0.15, -0.1) is 0 Å². The standard InChI is InChI=1S/C13H13ClN4O6S/c1-6-10(11(14)18(2)16-6)25(23,24)17-7-3-4-8(15-5-7)9(12(19)20)13(21)22/h3-5,9,17H,1-2H3,(H,19,20)(H,21,22). The Kier molecular flexibility index (Phi) is 4.99.